The standard InChI is InChI=1S/C23H19N7O4/c1-15-19(8-5-9-20(15)30(33)34)23(32)26-25-22(31)18-12-10-16(11-13-18)14-29-27-21(24-28-29)17-6-3-2-4-7-17/h2-13H,14H2,1H3,(H,25,31)(H,26,32). The van der Waals surface area contributed by atoms with Gasteiger partial charge in [-0.3, -0.25) is 30.6 Å². The van der Waals surface area contributed by atoms with Crippen molar-refractivity contribution in [3.05, 3.63) is 105 Å². The van der Waals surface area contributed by atoms with Crippen molar-refractivity contribution < 1.29 is 14.5 Å². The maximum absolute atomic E-state index is 12.4. The number of carbonyl (C=O) groups excluding carboxylic acids is 2. The third-order valence-corrected chi connectivity index (χ3v) is 5.06. The number of amides is 2. The fourth-order valence-electron chi connectivity index (χ4n) is 3.26. The summed E-state index contributed by atoms with van der Waals surface area (Å²) in [5.41, 5.74) is 6.76. The van der Waals surface area contributed by atoms with Gasteiger partial charge in [-0.2, -0.15) is 4.80 Å². The van der Waals surface area contributed by atoms with Gasteiger partial charge >= 0.3 is 0 Å². The highest BCUT2D eigenvalue weighted by atomic mass is 16.6. The summed E-state index contributed by atoms with van der Waals surface area (Å²) in [5, 5.41) is 23.5. The second-order valence-corrected chi connectivity index (χ2v) is 7.32. The summed E-state index contributed by atoms with van der Waals surface area (Å²) >= 11 is 0. The number of nitro groups is 1. The lowest BCUT2D eigenvalue weighted by molar-refractivity contribution is -0.385. The molecule has 0 aliphatic carbocycles. The predicted molar refractivity (Wildman–Crippen MR) is 122 cm³/mol. The van der Waals surface area contributed by atoms with Gasteiger partial charge in [-0.25, -0.2) is 0 Å². The lowest BCUT2D eigenvalue weighted by Gasteiger charge is -2.10. The summed E-state index contributed by atoms with van der Waals surface area (Å²) in [6.45, 7) is 1.84. The average molecular weight is 457 g/mol. The van der Waals surface area contributed by atoms with Gasteiger partial charge in [0.2, 0.25) is 5.82 Å². The Morgan fingerprint density at radius 3 is 2.35 bits per heavy atom. The van der Waals surface area contributed by atoms with Crippen LogP contribution in [0.4, 0.5) is 5.69 Å². The molecule has 0 radical (unpaired) electrons. The van der Waals surface area contributed by atoms with Crippen molar-refractivity contribution in [1.82, 2.24) is 31.1 Å². The monoisotopic (exact) mass is 457 g/mol. The number of hydrogen-bond acceptors (Lipinski definition) is 7. The molecule has 0 spiro atoms. The Morgan fingerprint density at radius 2 is 1.65 bits per heavy atom. The van der Waals surface area contributed by atoms with Gasteiger partial charge in [-0.1, -0.05) is 48.5 Å². The molecule has 0 aliphatic rings. The van der Waals surface area contributed by atoms with Crippen molar-refractivity contribution in [2.75, 3.05) is 0 Å². The zero-order chi connectivity index (χ0) is 24.1. The van der Waals surface area contributed by atoms with Crippen LogP contribution in [0.3, 0.4) is 0 Å². The number of benzene rings is 3. The van der Waals surface area contributed by atoms with Crippen molar-refractivity contribution >= 4 is 17.5 Å². The summed E-state index contributed by atoms with van der Waals surface area (Å²) in [6.07, 6.45) is 0. The summed E-state index contributed by atoms with van der Waals surface area (Å²) in [7, 11) is 0. The van der Waals surface area contributed by atoms with E-state index in [0.717, 1.165) is 11.1 Å². The molecule has 0 bridgehead atoms. The third-order valence-electron chi connectivity index (χ3n) is 5.06. The first-order chi connectivity index (χ1) is 16.4. The van der Waals surface area contributed by atoms with Crippen LogP contribution in [-0.4, -0.2) is 36.9 Å². The molecule has 11 nitrogen and oxygen atoms in total. The number of hydrogen-bond donors (Lipinski definition) is 2. The van der Waals surface area contributed by atoms with E-state index in [4.69, 9.17) is 0 Å². The van der Waals surface area contributed by atoms with Crippen LogP contribution >= 0.6 is 0 Å². The summed E-state index contributed by atoms with van der Waals surface area (Å²) in [5.74, 6) is -0.669. The van der Waals surface area contributed by atoms with E-state index < -0.39 is 16.7 Å². The molecule has 0 saturated heterocycles. The number of aromatic nitrogens is 4. The minimum atomic E-state index is -0.655. The minimum Gasteiger partial charge on any atom is -0.267 e. The van der Waals surface area contributed by atoms with E-state index in [-0.39, 0.29) is 16.8 Å². The first-order valence-electron chi connectivity index (χ1n) is 10.2. The first-order valence-corrected chi connectivity index (χ1v) is 10.2. The molecule has 4 rings (SSSR count). The molecule has 170 valence electrons. The van der Waals surface area contributed by atoms with Crippen molar-refractivity contribution in [2.45, 2.75) is 13.5 Å². The van der Waals surface area contributed by atoms with Crippen LogP contribution in [0.2, 0.25) is 0 Å². The molecule has 0 unspecified atom stereocenters. The van der Waals surface area contributed by atoms with Gasteiger partial charge in [0.25, 0.3) is 17.5 Å². The largest absolute Gasteiger partial charge is 0.273 e. The van der Waals surface area contributed by atoms with Gasteiger partial charge in [0, 0.05) is 22.8 Å². The number of nitro benzene ring substituents is 1. The molecule has 0 aliphatic heterocycles. The van der Waals surface area contributed by atoms with Crippen LogP contribution in [0.15, 0.2) is 72.8 Å². The molecule has 3 aromatic carbocycles. The maximum Gasteiger partial charge on any atom is 0.273 e. The Morgan fingerprint density at radius 1 is 0.941 bits per heavy atom. The van der Waals surface area contributed by atoms with Crippen LogP contribution in [0, 0.1) is 17.0 Å². The molecule has 2 amide bonds. The first kappa shape index (κ1) is 22.3. The van der Waals surface area contributed by atoms with Crippen LogP contribution in [-0.2, 0) is 6.54 Å². The fourth-order valence-corrected chi connectivity index (χ4v) is 3.26. The van der Waals surface area contributed by atoms with Crippen LogP contribution < -0.4 is 10.9 Å². The van der Waals surface area contributed by atoms with Gasteiger partial charge in [-0.05, 0) is 35.9 Å². The smallest absolute Gasteiger partial charge is 0.267 e. The van der Waals surface area contributed by atoms with Crippen molar-refractivity contribution in [2.24, 2.45) is 0 Å². The summed E-state index contributed by atoms with van der Waals surface area (Å²) in [6, 6.07) is 20.3. The van der Waals surface area contributed by atoms with E-state index in [9.17, 15) is 19.7 Å². The van der Waals surface area contributed by atoms with Crippen molar-refractivity contribution in [1.29, 1.82) is 0 Å². The van der Waals surface area contributed by atoms with Crippen LogP contribution in [0.5, 0.6) is 0 Å². The zero-order valence-electron chi connectivity index (χ0n) is 18.0. The average Bonchev–Trinajstić information content (AvgIpc) is 3.32. The Balaban J connectivity index is 1.36. The topological polar surface area (TPSA) is 145 Å². The molecule has 1 aromatic heterocycles. The predicted octanol–water partition coefficient (Wildman–Crippen LogP) is 2.68. The van der Waals surface area contributed by atoms with E-state index in [0.29, 0.717) is 17.9 Å². The van der Waals surface area contributed by atoms with Gasteiger partial charge < -0.3 is 0 Å². The second-order valence-electron chi connectivity index (χ2n) is 7.32. The lowest BCUT2D eigenvalue weighted by atomic mass is 10.1. The van der Waals surface area contributed by atoms with E-state index in [2.05, 4.69) is 26.3 Å². The maximum atomic E-state index is 12.4. The van der Waals surface area contributed by atoms with Crippen LogP contribution in [0.1, 0.15) is 31.8 Å². The normalized spacial score (nSPS) is 10.5. The van der Waals surface area contributed by atoms with Crippen molar-refractivity contribution in [3.63, 3.8) is 0 Å². The van der Waals surface area contributed by atoms with E-state index >= 15 is 0 Å². The van der Waals surface area contributed by atoms with Gasteiger partial charge in [-0.15, -0.1) is 10.2 Å². The van der Waals surface area contributed by atoms with Crippen molar-refractivity contribution in [3.8, 4) is 11.4 Å². The molecule has 2 N–H and O–H groups in total. The Bertz CT molecular complexity index is 1350. The molecule has 11 heteroatoms. The second kappa shape index (κ2) is 9.69. The molecule has 0 atom stereocenters. The van der Waals surface area contributed by atoms with E-state index in [1.54, 1.807) is 24.3 Å². The fraction of sp³-hybridized carbons (Fsp3) is 0.0870. The SMILES string of the molecule is Cc1c(C(=O)NNC(=O)c2ccc(Cn3nnc(-c4ccccc4)n3)cc2)cccc1[N+](=O)[O-]. The van der Waals surface area contributed by atoms with Gasteiger partial charge in [0.05, 0.1) is 17.0 Å². The number of rotatable bonds is 6. The molecule has 0 fully saturated rings. The minimum absolute atomic E-state index is 0.0973. The number of nitrogens with zero attached hydrogens (tertiary/aromatic N) is 5. The number of tetrazole rings is 1. The molecule has 0 saturated carbocycles. The molecule has 1 heterocycles. The Kier molecular flexibility index (Phi) is 6.35. The highest BCUT2D eigenvalue weighted by Gasteiger charge is 2.18. The highest BCUT2D eigenvalue weighted by molar-refractivity contribution is 6.00. The lowest BCUT2D eigenvalue weighted by Crippen LogP contribution is -2.41. The van der Waals surface area contributed by atoms with Gasteiger partial charge in [0.1, 0.15) is 0 Å². The highest BCUT2D eigenvalue weighted by Crippen LogP contribution is 2.20. The quantitative estimate of drug-likeness (QED) is 0.334. The van der Waals surface area contributed by atoms with E-state index in [1.807, 2.05) is 30.3 Å². The molecular formula is C23H19N7O4. The Hall–Kier alpha value is -4.93. The Labute approximate surface area is 193 Å². The summed E-state index contributed by atoms with van der Waals surface area (Å²) < 4.78 is 0. The number of carbonyl (C=O) groups is 2. The zero-order valence-corrected chi connectivity index (χ0v) is 18.0. The molecule has 4 aromatic rings. The summed E-state index contributed by atoms with van der Waals surface area (Å²) in [4.78, 5) is 36.7. The van der Waals surface area contributed by atoms with Crippen LogP contribution in [0.25, 0.3) is 11.4 Å². The van der Waals surface area contributed by atoms with Gasteiger partial charge in [0.15, 0.2) is 0 Å². The molecular weight excluding hydrogens is 438 g/mol. The third kappa shape index (κ3) is 4.93. The molecule has 34 heavy (non-hydrogen) atoms. The number of nitrogens with one attached hydrogen (secondary N) is 2. The van der Waals surface area contributed by atoms with E-state index in [1.165, 1.54) is 29.9 Å². The number of hydrazine groups is 1.